The van der Waals surface area contributed by atoms with Gasteiger partial charge in [-0.3, -0.25) is 9.59 Å². The second kappa shape index (κ2) is 4.27. The number of nitrogens with one attached hydrogen (secondary N) is 2. The molecule has 0 saturated carbocycles. The fraction of sp³-hybridized carbons (Fsp3) is 0.111. The van der Waals surface area contributed by atoms with Crippen molar-refractivity contribution in [1.29, 1.82) is 0 Å². The average Bonchev–Trinajstić information content (AvgIpc) is 2.20. The highest BCUT2D eigenvalue weighted by atomic mass is 16.3. The van der Waals surface area contributed by atoms with E-state index in [2.05, 4.69) is 10.6 Å². The Morgan fingerprint density at radius 1 is 1.14 bits per heavy atom. The summed E-state index contributed by atoms with van der Waals surface area (Å²) in [6.45, 7) is 0. The molecular formula is C9H10N2O3. The molecule has 0 spiro atoms. The van der Waals surface area contributed by atoms with Crippen molar-refractivity contribution in [3.8, 4) is 5.75 Å². The Labute approximate surface area is 80.7 Å². The van der Waals surface area contributed by atoms with Crippen LogP contribution in [0.5, 0.6) is 5.75 Å². The lowest BCUT2D eigenvalue weighted by atomic mass is 10.3. The molecular weight excluding hydrogens is 184 g/mol. The molecule has 1 aromatic rings. The molecule has 2 amide bonds. The first-order valence-corrected chi connectivity index (χ1v) is 3.95. The van der Waals surface area contributed by atoms with E-state index in [1.165, 1.54) is 31.3 Å². The summed E-state index contributed by atoms with van der Waals surface area (Å²) in [7, 11) is 1.37. The van der Waals surface area contributed by atoms with Gasteiger partial charge in [0.15, 0.2) is 0 Å². The fourth-order valence-electron chi connectivity index (χ4n) is 0.846. The number of benzene rings is 1. The van der Waals surface area contributed by atoms with Crippen molar-refractivity contribution in [2.45, 2.75) is 0 Å². The van der Waals surface area contributed by atoms with E-state index in [9.17, 15) is 9.59 Å². The zero-order valence-electron chi connectivity index (χ0n) is 7.57. The topological polar surface area (TPSA) is 78.4 Å². The molecule has 0 aliphatic rings. The Morgan fingerprint density at radius 2 is 1.71 bits per heavy atom. The fourth-order valence-corrected chi connectivity index (χ4v) is 0.846. The summed E-state index contributed by atoms with van der Waals surface area (Å²) in [6, 6.07) is 5.82. The zero-order chi connectivity index (χ0) is 10.6. The summed E-state index contributed by atoms with van der Waals surface area (Å²) >= 11 is 0. The zero-order valence-corrected chi connectivity index (χ0v) is 7.57. The maximum absolute atomic E-state index is 11.0. The smallest absolute Gasteiger partial charge is 0.313 e. The van der Waals surface area contributed by atoms with Crippen LogP contribution in [0.25, 0.3) is 0 Å². The van der Waals surface area contributed by atoms with E-state index >= 15 is 0 Å². The van der Waals surface area contributed by atoms with Crippen LogP contribution in [0.2, 0.25) is 0 Å². The molecule has 0 radical (unpaired) electrons. The number of phenolic OH excluding ortho intramolecular Hbond substituents is 1. The van der Waals surface area contributed by atoms with Crippen LogP contribution in [0.15, 0.2) is 24.3 Å². The number of hydrogen-bond acceptors (Lipinski definition) is 3. The molecule has 0 fully saturated rings. The van der Waals surface area contributed by atoms with E-state index < -0.39 is 11.8 Å². The van der Waals surface area contributed by atoms with Gasteiger partial charge in [0.25, 0.3) is 0 Å². The molecule has 5 heteroatoms. The Bertz CT molecular complexity index is 346. The van der Waals surface area contributed by atoms with Gasteiger partial charge in [0.05, 0.1) is 0 Å². The standard InChI is InChI=1S/C9H10N2O3/c1-10-8(13)9(14)11-6-2-4-7(12)5-3-6/h2-5,12H,1H3,(H,10,13)(H,11,14). The number of likely N-dealkylation sites (N-methyl/N-ethyl adjacent to an activating group) is 1. The van der Waals surface area contributed by atoms with Crippen LogP contribution < -0.4 is 10.6 Å². The van der Waals surface area contributed by atoms with Crippen LogP contribution in [0.1, 0.15) is 0 Å². The lowest BCUT2D eigenvalue weighted by Crippen LogP contribution is -2.32. The molecule has 0 unspecified atom stereocenters. The Morgan fingerprint density at radius 3 is 2.21 bits per heavy atom. The third-order valence-corrected chi connectivity index (χ3v) is 1.56. The van der Waals surface area contributed by atoms with Gasteiger partial charge in [-0.1, -0.05) is 0 Å². The normalized spacial score (nSPS) is 9.21. The summed E-state index contributed by atoms with van der Waals surface area (Å²) in [6.07, 6.45) is 0. The van der Waals surface area contributed by atoms with E-state index in [1.54, 1.807) is 0 Å². The second-order valence-electron chi connectivity index (χ2n) is 2.58. The van der Waals surface area contributed by atoms with Gasteiger partial charge in [-0.15, -0.1) is 0 Å². The van der Waals surface area contributed by atoms with Crippen LogP contribution >= 0.6 is 0 Å². The molecule has 5 nitrogen and oxygen atoms in total. The Balaban J connectivity index is 2.65. The molecule has 1 aromatic carbocycles. The number of anilines is 1. The van der Waals surface area contributed by atoms with Crippen LogP contribution in [0.3, 0.4) is 0 Å². The largest absolute Gasteiger partial charge is 0.508 e. The SMILES string of the molecule is CNC(=O)C(=O)Nc1ccc(O)cc1. The lowest BCUT2D eigenvalue weighted by Gasteiger charge is -2.03. The van der Waals surface area contributed by atoms with Crippen LogP contribution in [0, 0.1) is 0 Å². The van der Waals surface area contributed by atoms with Crippen LogP contribution in [-0.4, -0.2) is 24.0 Å². The molecule has 0 heterocycles. The number of aromatic hydroxyl groups is 1. The van der Waals surface area contributed by atoms with Gasteiger partial charge >= 0.3 is 11.8 Å². The molecule has 0 saturated heterocycles. The number of phenols is 1. The van der Waals surface area contributed by atoms with Crippen molar-refractivity contribution in [2.75, 3.05) is 12.4 Å². The highest BCUT2D eigenvalue weighted by Crippen LogP contribution is 2.13. The van der Waals surface area contributed by atoms with Gasteiger partial charge in [-0.2, -0.15) is 0 Å². The molecule has 0 atom stereocenters. The van der Waals surface area contributed by atoms with Crippen molar-refractivity contribution in [3.05, 3.63) is 24.3 Å². The Hall–Kier alpha value is -2.04. The number of hydrogen-bond donors (Lipinski definition) is 3. The molecule has 74 valence electrons. The van der Waals surface area contributed by atoms with Gasteiger partial charge in [0, 0.05) is 12.7 Å². The summed E-state index contributed by atoms with van der Waals surface area (Å²) in [5, 5.41) is 13.5. The number of amides is 2. The molecule has 0 aromatic heterocycles. The molecule has 0 aliphatic heterocycles. The number of carbonyl (C=O) groups excluding carboxylic acids is 2. The van der Waals surface area contributed by atoms with Gasteiger partial charge in [-0.05, 0) is 24.3 Å². The van der Waals surface area contributed by atoms with Crippen molar-refractivity contribution >= 4 is 17.5 Å². The highest BCUT2D eigenvalue weighted by molar-refractivity contribution is 6.39. The maximum Gasteiger partial charge on any atom is 0.313 e. The first-order valence-electron chi connectivity index (χ1n) is 3.95. The predicted octanol–water partition coefficient (Wildman–Crippen LogP) is 0.0767. The molecule has 0 aliphatic carbocycles. The van der Waals surface area contributed by atoms with E-state index in [4.69, 9.17) is 5.11 Å². The van der Waals surface area contributed by atoms with Gasteiger partial charge in [0.2, 0.25) is 0 Å². The maximum atomic E-state index is 11.0. The van der Waals surface area contributed by atoms with Gasteiger partial charge in [-0.25, -0.2) is 0 Å². The van der Waals surface area contributed by atoms with E-state index in [0.29, 0.717) is 5.69 Å². The third-order valence-electron chi connectivity index (χ3n) is 1.56. The first kappa shape index (κ1) is 10.0. The Kier molecular flexibility index (Phi) is 3.06. The number of rotatable bonds is 1. The second-order valence-corrected chi connectivity index (χ2v) is 2.58. The predicted molar refractivity (Wildman–Crippen MR) is 50.8 cm³/mol. The molecule has 1 rings (SSSR count). The summed E-state index contributed by atoms with van der Waals surface area (Å²) in [5.41, 5.74) is 0.455. The van der Waals surface area contributed by atoms with Crippen molar-refractivity contribution in [2.24, 2.45) is 0 Å². The average molecular weight is 194 g/mol. The van der Waals surface area contributed by atoms with E-state index in [-0.39, 0.29) is 5.75 Å². The minimum atomic E-state index is -0.738. The summed E-state index contributed by atoms with van der Waals surface area (Å²) in [5.74, 6) is -1.35. The molecule has 14 heavy (non-hydrogen) atoms. The molecule has 3 N–H and O–H groups in total. The summed E-state index contributed by atoms with van der Waals surface area (Å²) < 4.78 is 0. The highest BCUT2D eigenvalue weighted by Gasteiger charge is 2.10. The van der Waals surface area contributed by atoms with E-state index in [1.807, 2.05) is 0 Å². The summed E-state index contributed by atoms with van der Waals surface area (Å²) in [4.78, 5) is 21.9. The van der Waals surface area contributed by atoms with Gasteiger partial charge in [0.1, 0.15) is 5.75 Å². The minimum absolute atomic E-state index is 0.0999. The van der Waals surface area contributed by atoms with Crippen molar-refractivity contribution < 1.29 is 14.7 Å². The monoisotopic (exact) mass is 194 g/mol. The first-order chi connectivity index (χ1) is 6.63. The van der Waals surface area contributed by atoms with Crippen LogP contribution in [-0.2, 0) is 9.59 Å². The van der Waals surface area contributed by atoms with Crippen LogP contribution in [0.4, 0.5) is 5.69 Å². The number of carbonyl (C=O) groups is 2. The van der Waals surface area contributed by atoms with E-state index in [0.717, 1.165) is 0 Å². The van der Waals surface area contributed by atoms with Crippen molar-refractivity contribution in [1.82, 2.24) is 5.32 Å². The third kappa shape index (κ3) is 2.48. The van der Waals surface area contributed by atoms with Gasteiger partial charge < -0.3 is 15.7 Å². The molecule has 0 bridgehead atoms. The minimum Gasteiger partial charge on any atom is -0.508 e. The lowest BCUT2D eigenvalue weighted by molar-refractivity contribution is -0.135. The van der Waals surface area contributed by atoms with Crippen molar-refractivity contribution in [3.63, 3.8) is 0 Å². The quantitative estimate of drug-likeness (QED) is 0.437.